The fraction of sp³-hybridized carbons (Fsp3) is 0.364. The van der Waals surface area contributed by atoms with E-state index in [9.17, 15) is 0 Å². The number of hydrogen-bond donors (Lipinski definition) is 1. The van der Waals surface area contributed by atoms with Gasteiger partial charge in [-0.2, -0.15) is 5.10 Å². The highest BCUT2D eigenvalue weighted by Gasteiger charge is 2.15. The van der Waals surface area contributed by atoms with Crippen molar-refractivity contribution in [2.24, 2.45) is 5.41 Å². The molecule has 0 saturated carbocycles. The SMILES string of the molecule is CCC1(C)C=CC=c2[nH]ncc2=C1. The summed E-state index contributed by atoms with van der Waals surface area (Å²) >= 11 is 0. The van der Waals surface area contributed by atoms with Crippen LogP contribution in [0.4, 0.5) is 0 Å². The van der Waals surface area contributed by atoms with E-state index in [1.807, 2.05) is 6.20 Å². The van der Waals surface area contributed by atoms with Crippen LogP contribution in [0.1, 0.15) is 20.3 Å². The van der Waals surface area contributed by atoms with E-state index < -0.39 is 0 Å². The summed E-state index contributed by atoms with van der Waals surface area (Å²) in [6.45, 7) is 4.44. The van der Waals surface area contributed by atoms with E-state index in [1.54, 1.807) is 0 Å². The Balaban J connectivity index is 2.66. The lowest BCUT2D eigenvalue weighted by atomic mass is 9.87. The number of hydrogen-bond acceptors (Lipinski definition) is 1. The highest BCUT2D eigenvalue weighted by Crippen LogP contribution is 2.25. The summed E-state index contributed by atoms with van der Waals surface area (Å²) in [5.41, 5.74) is 0.172. The van der Waals surface area contributed by atoms with Crippen molar-refractivity contribution in [3.05, 3.63) is 28.9 Å². The monoisotopic (exact) mass is 174 g/mol. The molecule has 0 bridgehead atoms. The molecule has 1 unspecified atom stereocenters. The van der Waals surface area contributed by atoms with E-state index >= 15 is 0 Å². The van der Waals surface area contributed by atoms with Crippen LogP contribution in [0, 0.1) is 5.41 Å². The Labute approximate surface area is 77.7 Å². The zero-order valence-electron chi connectivity index (χ0n) is 8.04. The molecule has 2 nitrogen and oxygen atoms in total. The molecule has 1 aliphatic rings. The van der Waals surface area contributed by atoms with Gasteiger partial charge < -0.3 is 0 Å². The van der Waals surface area contributed by atoms with Crippen LogP contribution in [-0.2, 0) is 0 Å². The van der Waals surface area contributed by atoms with Gasteiger partial charge in [-0.05, 0) is 12.5 Å². The molecule has 2 heteroatoms. The van der Waals surface area contributed by atoms with E-state index in [0.717, 1.165) is 11.8 Å². The Bertz CT molecular complexity index is 439. The maximum Gasteiger partial charge on any atom is 0.0647 e. The number of nitrogens with one attached hydrogen (secondary N) is 1. The Morgan fingerprint density at radius 1 is 1.54 bits per heavy atom. The predicted octanol–water partition coefficient (Wildman–Crippen LogP) is 0.957. The van der Waals surface area contributed by atoms with Gasteiger partial charge in [-0.1, -0.05) is 32.1 Å². The maximum atomic E-state index is 4.02. The Kier molecular flexibility index (Phi) is 1.83. The first-order valence-electron chi connectivity index (χ1n) is 4.65. The van der Waals surface area contributed by atoms with Crippen LogP contribution >= 0.6 is 0 Å². The lowest BCUT2D eigenvalue weighted by Gasteiger charge is -2.17. The van der Waals surface area contributed by atoms with Crippen LogP contribution in [0.2, 0.25) is 0 Å². The molecule has 0 aliphatic heterocycles. The highest BCUT2D eigenvalue weighted by molar-refractivity contribution is 5.46. The van der Waals surface area contributed by atoms with Crippen molar-refractivity contribution in [2.75, 3.05) is 0 Å². The van der Waals surface area contributed by atoms with Gasteiger partial charge in [0, 0.05) is 10.6 Å². The van der Waals surface area contributed by atoms with E-state index in [4.69, 9.17) is 0 Å². The number of fused-ring (bicyclic) bond motifs is 1. The molecule has 2 rings (SSSR count). The molecule has 0 amide bonds. The quantitative estimate of drug-likeness (QED) is 0.675. The molecule has 1 atom stereocenters. The largest absolute Gasteiger partial charge is 0.278 e. The predicted molar refractivity (Wildman–Crippen MR) is 54.3 cm³/mol. The van der Waals surface area contributed by atoms with Gasteiger partial charge in [-0.15, -0.1) is 0 Å². The van der Waals surface area contributed by atoms with E-state index in [-0.39, 0.29) is 5.41 Å². The highest BCUT2D eigenvalue weighted by atomic mass is 15.1. The first-order chi connectivity index (χ1) is 6.23. The van der Waals surface area contributed by atoms with Crippen LogP contribution in [0.25, 0.3) is 12.2 Å². The van der Waals surface area contributed by atoms with Crippen molar-refractivity contribution in [1.82, 2.24) is 10.2 Å². The number of nitrogens with zero attached hydrogens (tertiary/aromatic N) is 1. The average molecular weight is 174 g/mol. The van der Waals surface area contributed by atoms with Gasteiger partial charge in [0.05, 0.1) is 11.5 Å². The molecular weight excluding hydrogens is 160 g/mol. The summed E-state index contributed by atoms with van der Waals surface area (Å²) in [5.74, 6) is 0. The maximum absolute atomic E-state index is 4.02. The van der Waals surface area contributed by atoms with Crippen molar-refractivity contribution in [2.45, 2.75) is 20.3 Å². The van der Waals surface area contributed by atoms with Gasteiger partial charge in [-0.3, -0.25) is 5.10 Å². The third-order valence-corrected chi connectivity index (χ3v) is 2.69. The second kappa shape index (κ2) is 2.87. The lowest BCUT2D eigenvalue weighted by molar-refractivity contribution is 0.567. The Morgan fingerprint density at radius 2 is 2.38 bits per heavy atom. The van der Waals surface area contributed by atoms with Crippen LogP contribution in [-0.4, -0.2) is 10.2 Å². The van der Waals surface area contributed by atoms with E-state index in [2.05, 4.69) is 48.3 Å². The molecule has 68 valence electrons. The van der Waals surface area contributed by atoms with Crippen LogP contribution in [0.5, 0.6) is 0 Å². The third-order valence-electron chi connectivity index (χ3n) is 2.69. The molecule has 0 spiro atoms. The molecule has 1 heterocycles. The summed E-state index contributed by atoms with van der Waals surface area (Å²) in [7, 11) is 0. The van der Waals surface area contributed by atoms with Crippen LogP contribution in [0.3, 0.4) is 0 Å². The summed E-state index contributed by atoms with van der Waals surface area (Å²) < 4.78 is 0. The smallest absolute Gasteiger partial charge is 0.0647 e. The number of aromatic amines is 1. The molecule has 0 saturated heterocycles. The second-order valence-corrected chi connectivity index (χ2v) is 3.77. The minimum absolute atomic E-state index is 0.172. The van der Waals surface area contributed by atoms with Crippen molar-refractivity contribution in [3.8, 4) is 0 Å². The van der Waals surface area contributed by atoms with Gasteiger partial charge in [0.15, 0.2) is 0 Å². The molecule has 1 aliphatic carbocycles. The third kappa shape index (κ3) is 1.44. The van der Waals surface area contributed by atoms with Gasteiger partial charge in [-0.25, -0.2) is 0 Å². The Morgan fingerprint density at radius 3 is 3.15 bits per heavy atom. The van der Waals surface area contributed by atoms with Gasteiger partial charge in [0.25, 0.3) is 0 Å². The number of aromatic nitrogens is 2. The summed E-state index contributed by atoms with van der Waals surface area (Å²) in [5, 5.41) is 9.30. The standard InChI is InChI=1S/C11H14N2/c1-3-11(2)6-4-5-10-9(7-11)8-12-13-10/h4-8,13H,3H2,1-2H3. The normalized spacial score (nSPS) is 25.7. The van der Waals surface area contributed by atoms with E-state index in [1.165, 1.54) is 5.22 Å². The first kappa shape index (κ1) is 8.30. The van der Waals surface area contributed by atoms with Gasteiger partial charge in [0.2, 0.25) is 0 Å². The molecule has 0 aromatic carbocycles. The van der Waals surface area contributed by atoms with E-state index in [0.29, 0.717) is 0 Å². The fourth-order valence-electron chi connectivity index (χ4n) is 1.54. The molecule has 1 N–H and O–H groups in total. The summed E-state index contributed by atoms with van der Waals surface area (Å²) in [6.07, 6.45) is 11.7. The van der Waals surface area contributed by atoms with Gasteiger partial charge >= 0.3 is 0 Å². The molecule has 13 heavy (non-hydrogen) atoms. The van der Waals surface area contributed by atoms with Crippen molar-refractivity contribution < 1.29 is 0 Å². The first-order valence-corrected chi connectivity index (χ1v) is 4.65. The van der Waals surface area contributed by atoms with Crippen molar-refractivity contribution >= 4 is 12.2 Å². The van der Waals surface area contributed by atoms with Crippen LogP contribution in [0.15, 0.2) is 18.3 Å². The molecule has 1 aromatic rings. The number of rotatable bonds is 1. The van der Waals surface area contributed by atoms with Crippen molar-refractivity contribution in [3.63, 3.8) is 0 Å². The lowest BCUT2D eigenvalue weighted by Crippen LogP contribution is -2.24. The molecule has 0 radical (unpaired) electrons. The zero-order valence-corrected chi connectivity index (χ0v) is 8.04. The molecular formula is C11H14N2. The number of H-pyrrole nitrogens is 1. The zero-order chi connectivity index (χ0) is 9.31. The summed E-state index contributed by atoms with van der Waals surface area (Å²) in [4.78, 5) is 0. The van der Waals surface area contributed by atoms with Gasteiger partial charge in [0.1, 0.15) is 0 Å². The topological polar surface area (TPSA) is 28.7 Å². The summed E-state index contributed by atoms with van der Waals surface area (Å²) in [6, 6.07) is 0. The minimum Gasteiger partial charge on any atom is -0.278 e. The minimum atomic E-state index is 0.172. The second-order valence-electron chi connectivity index (χ2n) is 3.77. The van der Waals surface area contributed by atoms with Crippen LogP contribution < -0.4 is 10.6 Å². The van der Waals surface area contributed by atoms with Crippen molar-refractivity contribution in [1.29, 1.82) is 0 Å². The molecule has 1 aromatic heterocycles. The fourth-order valence-corrected chi connectivity index (χ4v) is 1.54. The molecule has 0 fully saturated rings. The average Bonchev–Trinajstić information content (AvgIpc) is 2.47. The number of allylic oxidation sites excluding steroid dienone is 2. The Hall–Kier alpha value is -1.31.